The Morgan fingerprint density at radius 2 is 1.88 bits per heavy atom. The molecule has 0 spiro atoms. The molecular formula is C14H20INO. The summed E-state index contributed by atoms with van der Waals surface area (Å²) in [6.07, 6.45) is 0. The molecule has 17 heavy (non-hydrogen) atoms. The van der Waals surface area contributed by atoms with E-state index in [0.717, 1.165) is 17.9 Å². The van der Waals surface area contributed by atoms with Crippen LogP contribution in [0.15, 0.2) is 36.4 Å². The molecule has 0 amide bonds. The lowest BCUT2D eigenvalue weighted by molar-refractivity contribution is 0.341. The van der Waals surface area contributed by atoms with Crippen molar-refractivity contribution in [1.29, 1.82) is 0 Å². The number of ether oxygens (including phenoxy) is 1. The van der Waals surface area contributed by atoms with Crippen molar-refractivity contribution in [3.8, 4) is 5.75 Å². The van der Waals surface area contributed by atoms with Crippen LogP contribution < -0.4 is 10.1 Å². The van der Waals surface area contributed by atoms with Gasteiger partial charge in [0.2, 0.25) is 0 Å². The first-order valence-electron chi connectivity index (χ1n) is 5.67. The van der Waals surface area contributed by atoms with Gasteiger partial charge in [0, 0.05) is 15.7 Å². The topological polar surface area (TPSA) is 21.3 Å². The molecule has 2 nitrogen and oxygen atoms in total. The number of nitrogens with one attached hydrogen (secondary N) is 1. The summed E-state index contributed by atoms with van der Waals surface area (Å²) in [7, 11) is 0. The molecule has 0 aliphatic rings. The lowest BCUT2D eigenvalue weighted by Gasteiger charge is -2.21. The maximum Gasteiger partial charge on any atom is 0.119 e. The van der Waals surface area contributed by atoms with E-state index in [0.29, 0.717) is 6.61 Å². The Morgan fingerprint density at radius 1 is 1.29 bits per heavy atom. The molecule has 3 heteroatoms. The van der Waals surface area contributed by atoms with E-state index in [1.165, 1.54) is 3.57 Å². The summed E-state index contributed by atoms with van der Waals surface area (Å²) in [6.45, 7) is 11.8. The highest BCUT2D eigenvalue weighted by Gasteiger charge is 2.08. The van der Waals surface area contributed by atoms with Crippen LogP contribution in [0, 0.1) is 3.57 Å². The van der Waals surface area contributed by atoms with Crippen LogP contribution in [0.4, 0.5) is 0 Å². The molecule has 0 atom stereocenters. The summed E-state index contributed by atoms with van der Waals surface area (Å²) in [5, 5.41) is 3.39. The molecule has 0 heterocycles. The number of rotatable bonds is 5. The average molecular weight is 345 g/mol. The molecule has 1 N–H and O–H groups in total. The summed E-state index contributed by atoms with van der Waals surface area (Å²) in [5.41, 5.74) is 1.17. The molecule has 0 saturated carbocycles. The molecule has 0 saturated heterocycles. The quantitative estimate of drug-likeness (QED) is 0.650. The van der Waals surface area contributed by atoms with Crippen LogP contribution in [-0.2, 0) is 0 Å². The summed E-state index contributed by atoms with van der Waals surface area (Å²) in [5.74, 6) is 0.891. The fourth-order valence-corrected chi connectivity index (χ4v) is 1.52. The molecule has 0 aliphatic carbocycles. The fourth-order valence-electron chi connectivity index (χ4n) is 1.16. The highest BCUT2D eigenvalue weighted by Crippen LogP contribution is 2.14. The Bertz CT molecular complexity index is 365. The second kappa shape index (κ2) is 6.40. The third-order valence-corrected chi connectivity index (χ3v) is 2.84. The third-order valence-electron chi connectivity index (χ3n) is 2.13. The van der Waals surface area contributed by atoms with Crippen LogP contribution in [0.25, 0.3) is 0 Å². The van der Waals surface area contributed by atoms with Gasteiger partial charge in [-0.1, -0.05) is 6.58 Å². The zero-order valence-electron chi connectivity index (χ0n) is 10.7. The minimum Gasteiger partial charge on any atom is -0.489 e. The van der Waals surface area contributed by atoms with Crippen LogP contribution in [0.2, 0.25) is 0 Å². The monoisotopic (exact) mass is 345 g/mol. The Labute approximate surface area is 118 Å². The van der Waals surface area contributed by atoms with E-state index in [1.807, 2.05) is 24.3 Å². The predicted molar refractivity (Wildman–Crippen MR) is 81.5 cm³/mol. The Morgan fingerprint density at radius 3 is 2.41 bits per heavy atom. The normalized spacial score (nSPS) is 11.3. The Hall–Kier alpha value is -0.550. The van der Waals surface area contributed by atoms with Crippen LogP contribution >= 0.6 is 22.6 Å². The predicted octanol–water partition coefficient (Wildman–Crippen LogP) is 3.61. The van der Waals surface area contributed by atoms with Crippen molar-refractivity contribution >= 4 is 22.6 Å². The van der Waals surface area contributed by atoms with Gasteiger partial charge in [-0.3, -0.25) is 0 Å². The van der Waals surface area contributed by atoms with Crippen molar-refractivity contribution in [2.75, 3.05) is 13.2 Å². The van der Waals surface area contributed by atoms with Crippen LogP contribution in [0.1, 0.15) is 20.8 Å². The molecule has 1 aromatic rings. The molecule has 94 valence electrons. The highest BCUT2D eigenvalue weighted by molar-refractivity contribution is 14.1. The molecule has 0 fully saturated rings. The van der Waals surface area contributed by atoms with Crippen LogP contribution in [0.3, 0.4) is 0 Å². The molecule has 0 bridgehead atoms. The van der Waals surface area contributed by atoms with Gasteiger partial charge in [-0.25, -0.2) is 0 Å². The standard InChI is InChI=1S/C14H20INO/c1-11(9-16-14(2,3)4)10-17-13-7-5-12(15)6-8-13/h5-8,16H,1,9-10H2,2-4H3. The average Bonchev–Trinajstić information content (AvgIpc) is 2.25. The summed E-state index contributed by atoms with van der Waals surface area (Å²) >= 11 is 2.28. The van der Waals surface area contributed by atoms with Gasteiger partial charge >= 0.3 is 0 Å². The van der Waals surface area contributed by atoms with E-state index in [1.54, 1.807) is 0 Å². The van der Waals surface area contributed by atoms with Gasteiger partial charge in [-0.2, -0.15) is 0 Å². The first kappa shape index (κ1) is 14.5. The maximum absolute atomic E-state index is 5.65. The summed E-state index contributed by atoms with van der Waals surface area (Å²) in [6, 6.07) is 8.02. The van der Waals surface area contributed by atoms with Gasteiger partial charge < -0.3 is 10.1 Å². The van der Waals surface area contributed by atoms with Crippen LogP contribution in [-0.4, -0.2) is 18.7 Å². The van der Waals surface area contributed by atoms with E-state index in [-0.39, 0.29) is 5.54 Å². The fraction of sp³-hybridized carbons (Fsp3) is 0.429. The number of hydrogen-bond donors (Lipinski definition) is 1. The van der Waals surface area contributed by atoms with Gasteiger partial charge in [0.1, 0.15) is 12.4 Å². The van der Waals surface area contributed by atoms with E-state index >= 15 is 0 Å². The molecular weight excluding hydrogens is 325 g/mol. The first-order valence-corrected chi connectivity index (χ1v) is 6.75. The van der Waals surface area contributed by atoms with E-state index < -0.39 is 0 Å². The van der Waals surface area contributed by atoms with E-state index in [9.17, 15) is 0 Å². The molecule has 0 aliphatic heterocycles. The summed E-state index contributed by atoms with van der Waals surface area (Å²) in [4.78, 5) is 0. The Kier molecular flexibility index (Phi) is 5.46. The van der Waals surface area contributed by atoms with Crippen molar-refractivity contribution in [2.45, 2.75) is 26.3 Å². The second-order valence-corrected chi connectivity index (χ2v) is 6.34. The van der Waals surface area contributed by atoms with Crippen molar-refractivity contribution in [1.82, 2.24) is 5.32 Å². The van der Waals surface area contributed by atoms with Crippen molar-refractivity contribution in [2.24, 2.45) is 0 Å². The molecule has 1 aromatic carbocycles. The summed E-state index contributed by atoms with van der Waals surface area (Å²) < 4.78 is 6.86. The number of benzene rings is 1. The zero-order valence-corrected chi connectivity index (χ0v) is 12.9. The van der Waals surface area contributed by atoms with Crippen LogP contribution in [0.5, 0.6) is 5.75 Å². The minimum atomic E-state index is 0.117. The second-order valence-electron chi connectivity index (χ2n) is 5.10. The van der Waals surface area contributed by atoms with E-state index in [2.05, 4.69) is 55.3 Å². The van der Waals surface area contributed by atoms with Crippen molar-refractivity contribution in [3.05, 3.63) is 40.0 Å². The zero-order chi connectivity index (χ0) is 12.9. The van der Waals surface area contributed by atoms with Gasteiger partial charge in [-0.15, -0.1) is 0 Å². The SMILES string of the molecule is C=C(CNC(C)(C)C)COc1ccc(I)cc1. The van der Waals surface area contributed by atoms with Gasteiger partial charge in [0.25, 0.3) is 0 Å². The molecule has 1 rings (SSSR count). The lowest BCUT2D eigenvalue weighted by Crippen LogP contribution is -2.37. The third kappa shape index (κ3) is 6.68. The molecule has 0 unspecified atom stereocenters. The van der Waals surface area contributed by atoms with Crippen molar-refractivity contribution < 1.29 is 4.74 Å². The lowest BCUT2D eigenvalue weighted by atomic mass is 10.1. The number of halogens is 1. The smallest absolute Gasteiger partial charge is 0.119 e. The van der Waals surface area contributed by atoms with Gasteiger partial charge in [0.15, 0.2) is 0 Å². The Balaban J connectivity index is 2.31. The largest absolute Gasteiger partial charge is 0.489 e. The molecule has 0 radical (unpaired) electrons. The van der Waals surface area contributed by atoms with Gasteiger partial charge in [0.05, 0.1) is 0 Å². The highest BCUT2D eigenvalue weighted by atomic mass is 127. The van der Waals surface area contributed by atoms with Crippen molar-refractivity contribution in [3.63, 3.8) is 0 Å². The first-order chi connectivity index (χ1) is 7.87. The molecule has 0 aromatic heterocycles. The van der Waals surface area contributed by atoms with E-state index in [4.69, 9.17) is 4.74 Å². The number of hydrogen-bond acceptors (Lipinski definition) is 2. The minimum absolute atomic E-state index is 0.117. The maximum atomic E-state index is 5.65. The van der Waals surface area contributed by atoms with Gasteiger partial charge in [-0.05, 0) is 73.2 Å².